The van der Waals surface area contributed by atoms with E-state index in [-0.39, 0.29) is 5.38 Å². The Labute approximate surface area is 125 Å². The molecule has 0 amide bonds. The molecule has 1 atom stereocenters. The lowest BCUT2D eigenvalue weighted by Gasteiger charge is -2.11. The highest BCUT2D eigenvalue weighted by atomic mass is 35.5. The molecule has 0 radical (unpaired) electrons. The Bertz CT molecular complexity index is 760. The van der Waals surface area contributed by atoms with E-state index in [9.17, 15) is 4.39 Å². The van der Waals surface area contributed by atoms with Crippen LogP contribution >= 0.6 is 23.2 Å². The number of rotatable bonds is 2. The number of nitrogens with zero attached hydrogens (tertiary/aromatic N) is 2. The molecule has 0 spiro atoms. The number of alkyl halides is 1. The van der Waals surface area contributed by atoms with Gasteiger partial charge in [0.15, 0.2) is 0 Å². The largest absolute Gasteiger partial charge is 0.295 e. The van der Waals surface area contributed by atoms with Crippen molar-refractivity contribution in [2.24, 2.45) is 0 Å². The molecule has 0 aliphatic rings. The maximum absolute atomic E-state index is 13.6. The van der Waals surface area contributed by atoms with Crippen LogP contribution in [0.25, 0.3) is 16.7 Å². The lowest BCUT2D eigenvalue weighted by molar-refractivity contribution is 0.626. The van der Waals surface area contributed by atoms with Crippen molar-refractivity contribution < 1.29 is 4.39 Å². The summed E-state index contributed by atoms with van der Waals surface area (Å²) >= 11 is 12.1. The Morgan fingerprint density at radius 3 is 2.65 bits per heavy atom. The first-order chi connectivity index (χ1) is 9.56. The van der Waals surface area contributed by atoms with Crippen molar-refractivity contribution in [1.29, 1.82) is 0 Å². The third kappa shape index (κ3) is 2.28. The molecule has 1 heterocycles. The van der Waals surface area contributed by atoms with E-state index in [2.05, 4.69) is 4.98 Å². The molecule has 5 heteroatoms. The normalized spacial score (nSPS) is 12.8. The average Bonchev–Trinajstić information content (AvgIpc) is 2.77. The zero-order chi connectivity index (χ0) is 14.3. The molecular formula is C15H11Cl2FN2. The predicted octanol–water partition coefficient (Wildman–Crippen LogP) is 5.12. The molecule has 0 aliphatic heterocycles. The highest BCUT2D eigenvalue weighted by Crippen LogP contribution is 2.29. The van der Waals surface area contributed by atoms with E-state index in [4.69, 9.17) is 23.2 Å². The van der Waals surface area contributed by atoms with Gasteiger partial charge in [0.05, 0.1) is 22.1 Å². The van der Waals surface area contributed by atoms with Crippen molar-refractivity contribution in [3.63, 3.8) is 0 Å². The van der Waals surface area contributed by atoms with Crippen LogP contribution in [-0.4, -0.2) is 9.55 Å². The summed E-state index contributed by atoms with van der Waals surface area (Å²) in [5.74, 6) is 0.271. The summed E-state index contributed by atoms with van der Waals surface area (Å²) in [5.41, 5.74) is 2.30. The van der Waals surface area contributed by atoms with Crippen LogP contribution in [-0.2, 0) is 0 Å². The fourth-order valence-corrected chi connectivity index (χ4v) is 2.61. The summed E-state index contributed by atoms with van der Waals surface area (Å²) in [6.07, 6.45) is 0. The van der Waals surface area contributed by atoms with Gasteiger partial charge in [-0.15, -0.1) is 11.6 Å². The average molecular weight is 309 g/mol. The monoisotopic (exact) mass is 308 g/mol. The lowest BCUT2D eigenvalue weighted by atomic mass is 10.2. The molecule has 0 aliphatic carbocycles. The van der Waals surface area contributed by atoms with E-state index in [1.807, 2.05) is 35.8 Å². The number of aromatic nitrogens is 2. The number of hydrogen-bond acceptors (Lipinski definition) is 1. The molecule has 0 fully saturated rings. The third-order valence-corrected chi connectivity index (χ3v) is 3.46. The maximum atomic E-state index is 13.6. The van der Waals surface area contributed by atoms with E-state index >= 15 is 0 Å². The minimum atomic E-state index is -0.390. The molecule has 1 unspecified atom stereocenters. The second-order valence-corrected chi connectivity index (χ2v) is 5.63. The Morgan fingerprint density at radius 2 is 1.95 bits per heavy atom. The van der Waals surface area contributed by atoms with Gasteiger partial charge >= 0.3 is 0 Å². The van der Waals surface area contributed by atoms with Crippen LogP contribution in [0, 0.1) is 5.82 Å². The highest BCUT2D eigenvalue weighted by Gasteiger charge is 2.16. The zero-order valence-electron chi connectivity index (χ0n) is 10.6. The number of imidazole rings is 1. The predicted molar refractivity (Wildman–Crippen MR) is 80.3 cm³/mol. The van der Waals surface area contributed by atoms with Gasteiger partial charge in [0.25, 0.3) is 0 Å². The summed E-state index contributed by atoms with van der Waals surface area (Å²) in [6.45, 7) is 1.83. The van der Waals surface area contributed by atoms with Gasteiger partial charge in [0.2, 0.25) is 0 Å². The van der Waals surface area contributed by atoms with Crippen LogP contribution in [0.5, 0.6) is 0 Å². The van der Waals surface area contributed by atoms with E-state index in [0.717, 1.165) is 11.0 Å². The van der Waals surface area contributed by atoms with E-state index in [1.54, 1.807) is 6.07 Å². The van der Waals surface area contributed by atoms with Gasteiger partial charge in [-0.1, -0.05) is 23.7 Å². The Balaban J connectivity index is 2.36. The molecule has 0 saturated carbocycles. The smallest absolute Gasteiger partial charge is 0.132 e. The van der Waals surface area contributed by atoms with Crippen LogP contribution in [0.2, 0.25) is 5.02 Å². The Hall–Kier alpha value is -1.58. The minimum absolute atomic E-state index is 0.301. The van der Waals surface area contributed by atoms with Crippen molar-refractivity contribution in [3.8, 4) is 5.69 Å². The van der Waals surface area contributed by atoms with Gasteiger partial charge in [-0.25, -0.2) is 9.37 Å². The quantitative estimate of drug-likeness (QED) is 0.601. The highest BCUT2D eigenvalue weighted by molar-refractivity contribution is 6.30. The zero-order valence-corrected chi connectivity index (χ0v) is 12.2. The topological polar surface area (TPSA) is 17.8 Å². The molecule has 3 aromatic rings. The summed E-state index contributed by atoms with van der Waals surface area (Å²) < 4.78 is 15.4. The summed E-state index contributed by atoms with van der Waals surface area (Å²) in [7, 11) is 0. The molecule has 0 saturated heterocycles. The number of para-hydroxylation sites is 2. The molecule has 2 aromatic carbocycles. The van der Waals surface area contributed by atoms with Crippen LogP contribution in [0.4, 0.5) is 4.39 Å². The molecule has 2 nitrogen and oxygen atoms in total. The Morgan fingerprint density at radius 1 is 1.20 bits per heavy atom. The first kappa shape index (κ1) is 13.4. The van der Waals surface area contributed by atoms with Gasteiger partial charge in [-0.3, -0.25) is 4.57 Å². The number of hydrogen-bond donors (Lipinski definition) is 0. The maximum Gasteiger partial charge on any atom is 0.132 e. The standard InChI is InChI=1S/C15H11Cl2FN2/c1-9(16)15-19-13-4-2-3-5-14(13)20(15)12-7-10(17)6-11(18)8-12/h2-9H,1H3. The molecule has 0 bridgehead atoms. The molecule has 1 aromatic heterocycles. The lowest BCUT2D eigenvalue weighted by Crippen LogP contribution is -2.02. The van der Waals surface area contributed by atoms with E-state index < -0.39 is 5.82 Å². The van der Waals surface area contributed by atoms with Crippen LogP contribution in [0.15, 0.2) is 42.5 Å². The van der Waals surface area contributed by atoms with Crippen molar-refractivity contribution in [1.82, 2.24) is 9.55 Å². The van der Waals surface area contributed by atoms with E-state index in [1.165, 1.54) is 12.1 Å². The van der Waals surface area contributed by atoms with Crippen LogP contribution in [0.1, 0.15) is 18.1 Å². The van der Waals surface area contributed by atoms with Crippen molar-refractivity contribution in [2.45, 2.75) is 12.3 Å². The number of fused-ring (bicyclic) bond motifs is 1. The van der Waals surface area contributed by atoms with Gasteiger partial charge in [0, 0.05) is 5.02 Å². The SMILES string of the molecule is CC(Cl)c1nc2ccccc2n1-c1cc(F)cc(Cl)c1. The minimum Gasteiger partial charge on any atom is -0.295 e. The van der Waals surface area contributed by atoms with Crippen LogP contribution < -0.4 is 0 Å². The first-order valence-corrected chi connectivity index (χ1v) is 6.95. The molecule has 102 valence electrons. The molecule has 0 N–H and O–H groups in total. The van der Waals surface area contributed by atoms with E-state index in [0.29, 0.717) is 16.5 Å². The van der Waals surface area contributed by atoms with Crippen molar-refractivity contribution >= 4 is 34.2 Å². The van der Waals surface area contributed by atoms with Crippen molar-refractivity contribution in [3.05, 3.63) is 59.1 Å². The second-order valence-electron chi connectivity index (χ2n) is 4.54. The summed E-state index contributed by atoms with van der Waals surface area (Å²) in [4.78, 5) is 4.51. The molecule has 20 heavy (non-hydrogen) atoms. The number of benzene rings is 2. The fourth-order valence-electron chi connectivity index (χ4n) is 2.25. The van der Waals surface area contributed by atoms with Gasteiger partial charge in [-0.2, -0.15) is 0 Å². The first-order valence-electron chi connectivity index (χ1n) is 6.14. The second kappa shape index (κ2) is 5.08. The van der Waals surface area contributed by atoms with Gasteiger partial charge < -0.3 is 0 Å². The third-order valence-electron chi connectivity index (χ3n) is 3.05. The van der Waals surface area contributed by atoms with Gasteiger partial charge in [0.1, 0.15) is 11.6 Å². The van der Waals surface area contributed by atoms with Crippen molar-refractivity contribution in [2.75, 3.05) is 0 Å². The fraction of sp³-hybridized carbons (Fsp3) is 0.133. The molecule has 3 rings (SSSR count). The molecular weight excluding hydrogens is 298 g/mol. The van der Waals surface area contributed by atoms with Crippen LogP contribution in [0.3, 0.4) is 0 Å². The van der Waals surface area contributed by atoms with Gasteiger partial charge in [-0.05, 0) is 37.3 Å². The summed E-state index contributed by atoms with van der Waals surface area (Å²) in [6, 6.07) is 12.0. The Kier molecular flexibility index (Phi) is 3.40. The number of halogens is 3. The summed E-state index contributed by atoms with van der Waals surface area (Å²) in [5, 5.41) is 0.0374.